The van der Waals surface area contributed by atoms with Gasteiger partial charge >= 0.3 is 5.97 Å². The second kappa shape index (κ2) is 8.60. The summed E-state index contributed by atoms with van der Waals surface area (Å²) in [6, 6.07) is 0. The molecule has 0 unspecified atom stereocenters. The van der Waals surface area contributed by atoms with E-state index in [1.54, 1.807) is 0 Å². The van der Waals surface area contributed by atoms with Crippen LogP contribution in [0.1, 0.15) is 71.1 Å². The molecule has 2 nitrogen and oxygen atoms in total. The van der Waals surface area contributed by atoms with Gasteiger partial charge in [-0.25, -0.2) is 0 Å². The molecule has 1 saturated carbocycles. The van der Waals surface area contributed by atoms with Gasteiger partial charge in [0.2, 0.25) is 0 Å². The summed E-state index contributed by atoms with van der Waals surface area (Å²) in [7, 11) is 0. The van der Waals surface area contributed by atoms with Gasteiger partial charge in [0.25, 0.3) is 0 Å². The fourth-order valence-corrected chi connectivity index (χ4v) is 2.33. The third kappa shape index (κ3) is 6.14. The molecular formula is C14H26O2. The molecule has 0 aromatic carbocycles. The molecule has 0 saturated heterocycles. The van der Waals surface area contributed by atoms with E-state index in [9.17, 15) is 4.79 Å². The third-order valence-electron chi connectivity index (χ3n) is 3.44. The third-order valence-corrected chi connectivity index (χ3v) is 3.44. The van der Waals surface area contributed by atoms with E-state index < -0.39 is 0 Å². The van der Waals surface area contributed by atoms with E-state index in [0.717, 1.165) is 12.8 Å². The van der Waals surface area contributed by atoms with Gasteiger partial charge in [0.15, 0.2) is 0 Å². The Balaban J connectivity index is 1.96. The molecule has 0 aromatic heterocycles. The molecule has 0 amide bonds. The Hall–Kier alpha value is -0.530. The van der Waals surface area contributed by atoms with Crippen molar-refractivity contribution in [3.05, 3.63) is 0 Å². The smallest absolute Gasteiger partial charge is 0.305 e. The van der Waals surface area contributed by atoms with E-state index in [2.05, 4.69) is 6.92 Å². The van der Waals surface area contributed by atoms with Crippen molar-refractivity contribution in [3.8, 4) is 0 Å². The van der Waals surface area contributed by atoms with E-state index >= 15 is 0 Å². The number of rotatable bonds is 7. The van der Waals surface area contributed by atoms with Crippen molar-refractivity contribution >= 4 is 5.97 Å². The molecule has 0 N–H and O–H groups in total. The second-order valence-corrected chi connectivity index (χ2v) is 5.00. The van der Waals surface area contributed by atoms with E-state index in [1.165, 1.54) is 44.9 Å². The van der Waals surface area contributed by atoms with Gasteiger partial charge in [-0.05, 0) is 25.2 Å². The van der Waals surface area contributed by atoms with Crippen LogP contribution in [0.15, 0.2) is 0 Å². The Morgan fingerprint density at radius 3 is 2.56 bits per heavy atom. The highest BCUT2D eigenvalue weighted by molar-refractivity contribution is 5.69. The Labute approximate surface area is 99.8 Å². The van der Waals surface area contributed by atoms with Gasteiger partial charge in [-0.15, -0.1) is 0 Å². The summed E-state index contributed by atoms with van der Waals surface area (Å²) in [6.45, 7) is 2.86. The first-order valence-corrected chi connectivity index (χ1v) is 6.98. The lowest BCUT2D eigenvalue weighted by molar-refractivity contribution is -0.145. The molecule has 1 fully saturated rings. The summed E-state index contributed by atoms with van der Waals surface area (Å²) in [6.07, 6.45) is 11.7. The number of hydrogen-bond acceptors (Lipinski definition) is 2. The van der Waals surface area contributed by atoms with Gasteiger partial charge in [0, 0.05) is 6.42 Å². The topological polar surface area (TPSA) is 26.3 Å². The Kier molecular flexibility index (Phi) is 7.28. The van der Waals surface area contributed by atoms with Crippen LogP contribution in [-0.2, 0) is 9.53 Å². The largest absolute Gasteiger partial charge is 0.465 e. The summed E-state index contributed by atoms with van der Waals surface area (Å²) < 4.78 is 5.32. The van der Waals surface area contributed by atoms with Crippen LogP contribution in [0, 0.1) is 5.92 Å². The van der Waals surface area contributed by atoms with Crippen LogP contribution in [0.3, 0.4) is 0 Å². The number of carbonyl (C=O) groups excluding carboxylic acids is 1. The quantitative estimate of drug-likeness (QED) is 0.483. The van der Waals surface area contributed by atoms with Crippen LogP contribution in [0.25, 0.3) is 0 Å². The number of esters is 1. The van der Waals surface area contributed by atoms with Crippen LogP contribution >= 0.6 is 0 Å². The van der Waals surface area contributed by atoms with Crippen molar-refractivity contribution in [2.75, 3.05) is 6.61 Å². The summed E-state index contributed by atoms with van der Waals surface area (Å²) in [5, 5.41) is 0. The molecule has 0 aromatic rings. The summed E-state index contributed by atoms with van der Waals surface area (Å²) in [4.78, 5) is 11.4. The predicted molar refractivity (Wildman–Crippen MR) is 66.3 cm³/mol. The maximum Gasteiger partial charge on any atom is 0.305 e. The highest BCUT2D eigenvalue weighted by atomic mass is 16.5. The van der Waals surface area contributed by atoms with Gasteiger partial charge in [-0.2, -0.15) is 0 Å². The Morgan fingerprint density at radius 1 is 1.12 bits per heavy atom. The monoisotopic (exact) mass is 226 g/mol. The number of hydrogen-bond donors (Lipinski definition) is 0. The zero-order valence-corrected chi connectivity index (χ0v) is 10.7. The highest BCUT2D eigenvalue weighted by Crippen LogP contribution is 2.23. The lowest BCUT2D eigenvalue weighted by atomic mass is 9.90. The minimum Gasteiger partial charge on any atom is -0.465 e. The number of carbonyl (C=O) groups is 1. The van der Waals surface area contributed by atoms with Crippen molar-refractivity contribution < 1.29 is 9.53 Å². The van der Waals surface area contributed by atoms with Gasteiger partial charge < -0.3 is 4.74 Å². The van der Waals surface area contributed by atoms with Gasteiger partial charge in [0.1, 0.15) is 0 Å². The number of unbranched alkanes of at least 4 members (excludes halogenated alkanes) is 3. The maximum absolute atomic E-state index is 11.4. The first-order chi connectivity index (χ1) is 7.83. The summed E-state index contributed by atoms with van der Waals surface area (Å²) in [5.74, 6) is 0.662. The second-order valence-electron chi connectivity index (χ2n) is 5.00. The standard InChI is InChI=1S/C14H26O2/c1-2-3-4-8-11-14(15)16-12-13-9-6-5-7-10-13/h13H,2-12H2,1H3. The molecule has 1 rings (SSSR count). The molecule has 0 bridgehead atoms. The lowest BCUT2D eigenvalue weighted by Crippen LogP contribution is -2.16. The average molecular weight is 226 g/mol. The van der Waals surface area contributed by atoms with Crippen LogP contribution in [-0.4, -0.2) is 12.6 Å². The molecule has 0 heterocycles. The fraction of sp³-hybridized carbons (Fsp3) is 0.929. The Morgan fingerprint density at radius 2 is 1.88 bits per heavy atom. The van der Waals surface area contributed by atoms with Crippen LogP contribution in [0.4, 0.5) is 0 Å². The van der Waals surface area contributed by atoms with E-state index in [1.807, 2.05) is 0 Å². The van der Waals surface area contributed by atoms with Crippen molar-refractivity contribution in [1.82, 2.24) is 0 Å². The van der Waals surface area contributed by atoms with Crippen molar-refractivity contribution in [1.29, 1.82) is 0 Å². The maximum atomic E-state index is 11.4. The zero-order valence-electron chi connectivity index (χ0n) is 10.7. The fourth-order valence-electron chi connectivity index (χ4n) is 2.33. The molecule has 0 radical (unpaired) electrons. The predicted octanol–water partition coefficient (Wildman–Crippen LogP) is 4.08. The van der Waals surface area contributed by atoms with E-state index in [4.69, 9.17) is 4.74 Å². The van der Waals surface area contributed by atoms with Crippen LogP contribution in [0.5, 0.6) is 0 Å². The van der Waals surface area contributed by atoms with E-state index in [-0.39, 0.29) is 5.97 Å². The molecule has 1 aliphatic carbocycles. The Bertz CT molecular complexity index is 183. The zero-order chi connectivity index (χ0) is 11.6. The van der Waals surface area contributed by atoms with Gasteiger partial charge in [0.05, 0.1) is 6.61 Å². The van der Waals surface area contributed by atoms with Gasteiger partial charge in [-0.1, -0.05) is 45.4 Å². The highest BCUT2D eigenvalue weighted by Gasteiger charge is 2.15. The molecule has 16 heavy (non-hydrogen) atoms. The SMILES string of the molecule is CCCCCCC(=O)OCC1CCCCC1. The molecule has 0 aliphatic heterocycles. The lowest BCUT2D eigenvalue weighted by Gasteiger charge is -2.20. The molecular weight excluding hydrogens is 200 g/mol. The van der Waals surface area contributed by atoms with Gasteiger partial charge in [-0.3, -0.25) is 4.79 Å². The average Bonchev–Trinajstić information content (AvgIpc) is 2.33. The molecule has 0 atom stereocenters. The normalized spacial score (nSPS) is 17.3. The summed E-state index contributed by atoms with van der Waals surface area (Å²) in [5.41, 5.74) is 0. The van der Waals surface area contributed by atoms with Crippen molar-refractivity contribution in [2.45, 2.75) is 71.1 Å². The molecule has 2 heteroatoms. The minimum atomic E-state index is 0.0154. The number of ether oxygens (including phenoxy) is 1. The van der Waals surface area contributed by atoms with Crippen molar-refractivity contribution in [2.24, 2.45) is 5.92 Å². The minimum absolute atomic E-state index is 0.0154. The van der Waals surface area contributed by atoms with Crippen LogP contribution in [0.2, 0.25) is 0 Å². The first kappa shape index (κ1) is 13.5. The molecule has 0 spiro atoms. The van der Waals surface area contributed by atoms with E-state index in [0.29, 0.717) is 18.9 Å². The molecule has 94 valence electrons. The van der Waals surface area contributed by atoms with Crippen molar-refractivity contribution in [3.63, 3.8) is 0 Å². The van der Waals surface area contributed by atoms with Crippen LogP contribution < -0.4 is 0 Å². The first-order valence-electron chi connectivity index (χ1n) is 6.98. The molecule has 1 aliphatic rings. The summed E-state index contributed by atoms with van der Waals surface area (Å²) >= 11 is 0.